The first-order chi connectivity index (χ1) is 22.4. The van der Waals surface area contributed by atoms with Crippen molar-refractivity contribution in [2.24, 2.45) is 0 Å². The number of hydrogen-bond acceptors (Lipinski definition) is 8. The van der Waals surface area contributed by atoms with Crippen LogP contribution in [0.4, 0.5) is 123 Å². The van der Waals surface area contributed by atoms with Gasteiger partial charge in [-0.25, -0.2) is 51.2 Å². The van der Waals surface area contributed by atoms with E-state index < -0.39 is 110 Å². The molecule has 0 atom stereocenters. The summed E-state index contributed by atoms with van der Waals surface area (Å²) in [4.78, 5) is 0. The molecular formula is C12F28N2O8S4Zn. The average Bonchev–Trinajstić information content (AvgIpc) is 2.79. The molecule has 0 heterocycles. The number of nitrogens with zero attached hydrogens (tertiary/aromatic N) is 2. The summed E-state index contributed by atoms with van der Waals surface area (Å²) in [5.74, 6) is 0. The third-order valence-electron chi connectivity index (χ3n) is 4.73. The predicted molar refractivity (Wildman–Crippen MR) is 106 cm³/mol. The molecule has 0 N–H and O–H groups in total. The van der Waals surface area contributed by atoms with Crippen LogP contribution in [-0.2, 0) is 59.6 Å². The fourth-order valence-corrected chi connectivity index (χ4v) is 8.33. The van der Waals surface area contributed by atoms with Crippen LogP contribution >= 0.6 is 0 Å². The molecule has 0 aromatic carbocycles. The zero-order chi connectivity index (χ0) is 45.4. The molecule has 0 saturated heterocycles. The van der Waals surface area contributed by atoms with Gasteiger partial charge in [0.05, 0.1) is 0 Å². The smallest absolute Gasteiger partial charge is 0.429 e. The number of alkyl halides is 28. The number of sulfonamides is 4. The van der Waals surface area contributed by atoms with Crippen molar-refractivity contribution in [1.82, 2.24) is 0 Å². The van der Waals surface area contributed by atoms with Crippen molar-refractivity contribution in [2.45, 2.75) is 69.4 Å². The molecule has 55 heavy (non-hydrogen) atoms. The van der Waals surface area contributed by atoms with Gasteiger partial charge in [-0.3, -0.25) is 0 Å². The summed E-state index contributed by atoms with van der Waals surface area (Å²) in [6.07, 6.45) is -61.6. The van der Waals surface area contributed by atoms with Gasteiger partial charge in [-0.15, -0.1) is 0 Å². The van der Waals surface area contributed by atoms with Crippen molar-refractivity contribution < 1.29 is 176 Å². The molecule has 0 aliphatic carbocycles. The molecule has 0 aromatic rings. The van der Waals surface area contributed by atoms with E-state index in [1.54, 1.807) is 0 Å². The minimum Gasteiger partial charge on any atom is -0.429 e. The number of rotatable bonds is 8. The Labute approximate surface area is 293 Å². The Balaban J connectivity index is -0.000000966. The fourth-order valence-electron chi connectivity index (χ4n) is 2.28. The van der Waals surface area contributed by atoms with Gasteiger partial charge < -0.3 is 8.25 Å². The Morgan fingerprint density at radius 3 is 0.345 bits per heavy atom. The monoisotopic (exact) mass is 1020 g/mol. The van der Waals surface area contributed by atoms with Crippen LogP contribution in [0.15, 0.2) is 0 Å². The van der Waals surface area contributed by atoms with Crippen molar-refractivity contribution in [1.29, 1.82) is 0 Å². The number of hydrogen-bond donors (Lipinski definition) is 0. The van der Waals surface area contributed by atoms with E-state index >= 15 is 0 Å². The Bertz CT molecular complexity index is 1490. The zero-order valence-electron chi connectivity index (χ0n) is 23.1. The Morgan fingerprint density at radius 2 is 0.291 bits per heavy atom. The Kier molecular flexibility index (Phi) is 15.6. The van der Waals surface area contributed by atoms with Gasteiger partial charge in [0.25, 0.3) is 0 Å². The van der Waals surface area contributed by atoms with E-state index in [9.17, 15) is 157 Å². The molecule has 0 saturated carbocycles. The first kappa shape index (κ1) is 57.7. The van der Waals surface area contributed by atoms with Crippen LogP contribution in [0.5, 0.6) is 0 Å². The van der Waals surface area contributed by atoms with Crippen LogP contribution in [0.25, 0.3) is 8.25 Å². The summed E-state index contributed by atoms with van der Waals surface area (Å²) in [5.41, 5.74) is 0. The largest absolute Gasteiger partial charge is 2.00 e. The van der Waals surface area contributed by atoms with Gasteiger partial charge in [-0.05, 0) is 0 Å². The summed E-state index contributed by atoms with van der Waals surface area (Å²) < 4.78 is 431. The standard InChI is InChI=1S/2C6F14NO4S2.Zn/c2*7-1(3(9,10)11,4(12,13)14)26(22,23)21-27(24,25)2(8,5(15,16)17)6(18,19)20;/q2*-1;+2. The molecule has 328 valence electrons. The van der Waals surface area contributed by atoms with Gasteiger partial charge in [-0.2, -0.15) is 105 Å². The molecule has 0 aliphatic heterocycles. The summed E-state index contributed by atoms with van der Waals surface area (Å²) >= 11 is 0. The molecule has 43 heteroatoms. The molecular weight excluding hydrogens is 1030 g/mol. The molecule has 0 aromatic heterocycles. The molecule has 0 spiro atoms. The first-order valence-electron chi connectivity index (χ1n) is 10.2. The fraction of sp³-hybridized carbons (Fsp3) is 1.00. The van der Waals surface area contributed by atoms with Gasteiger partial charge in [0.1, 0.15) is 40.1 Å². The second-order valence-corrected chi connectivity index (χ2v) is 15.7. The quantitative estimate of drug-likeness (QED) is 0.182. The molecule has 0 amide bonds. The van der Waals surface area contributed by atoms with Gasteiger partial charge in [0.15, 0.2) is 0 Å². The van der Waals surface area contributed by atoms with Crippen molar-refractivity contribution in [3.63, 3.8) is 0 Å². The Morgan fingerprint density at radius 1 is 0.218 bits per heavy atom. The summed E-state index contributed by atoms with van der Waals surface area (Å²) in [5, 5.41) is -31.1. The maximum atomic E-state index is 13.2. The van der Waals surface area contributed by atoms with Crippen molar-refractivity contribution in [3.05, 3.63) is 8.25 Å². The first-order valence-corrected chi connectivity index (χ1v) is 15.9. The van der Waals surface area contributed by atoms with E-state index in [1.807, 2.05) is 0 Å². The van der Waals surface area contributed by atoms with E-state index in [2.05, 4.69) is 0 Å². The van der Waals surface area contributed by atoms with E-state index in [-0.39, 0.29) is 27.7 Å². The van der Waals surface area contributed by atoms with Crippen LogP contribution < -0.4 is 0 Å². The summed E-state index contributed by atoms with van der Waals surface area (Å²) in [6, 6.07) is 0. The molecule has 0 unspecified atom stereocenters. The van der Waals surface area contributed by atoms with E-state index in [4.69, 9.17) is 0 Å². The molecule has 0 fully saturated rings. The van der Waals surface area contributed by atoms with Gasteiger partial charge in [0, 0.05) is 0 Å². The molecule has 0 radical (unpaired) electrons. The molecule has 10 nitrogen and oxygen atoms in total. The van der Waals surface area contributed by atoms with Crippen LogP contribution in [0.3, 0.4) is 0 Å². The van der Waals surface area contributed by atoms with Gasteiger partial charge in [0.2, 0.25) is 0 Å². The van der Waals surface area contributed by atoms with Crippen LogP contribution in [0.1, 0.15) is 0 Å². The van der Waals surface area contributed by atoms with Gasteiger partial charge in [-0.1, -0.05) is 0 Å². The Hall–Kier alpha value is -1.62. The second-order valence-electron chi connectivity index (χ2n) is 8.41. The van der Waals surface area contributed by atoms with E-state index in [1.165, 1.54) is 0 Å². The molecule has 0 bridgehead atoms. The van der Waals surface area contributed by atoms with Gasteiger partial charge >= 0.3 is 88.9 Å². The van der Waals surface area contributed by atoms with Crippen molar-refractivity contribution in [2.75, 3.05) is 0 Å². The van der Waals surface area contributed by atoms with E-state index in [0.29, 0.717) is 0 Å². The van der Waals surface area contributed by atoms with E-state index in [0.717, 1.165) is 0 Å². The summed E-state index contributed by atoms with van der Waals surface area (Å²) in [6.45, 7) is 0. The van der Waals surface area contributed by atoms with Crippen molar-refractivity contribution >= 4 is 40.1 Å². The minimum atomic E-state index is -8.52. The average molecular weight is 1030 g/mol. The number of halogens is 28. The third kappa shape index (κ3) is 9.49. The maximum absolute atomic E-state index is 13.2. The molecule has 0 rings (SSSR count). The molecule has 0 aliphatic rings. The van der Waals surface area contributed by atoms with Crippen LogP contribution in [0, 0.1) is 0 Å². The topological polar surface area (TPSA) is 165 Å². The zero-order valence-corrected chi connectivity index (χ0v) is 29.3. The minimum absolute atomic E-state index is 0. The van der Waals surface area contributed by atoms with Crippen molar-refractivity contribution in [3.8, 4) is 0 Å². The predicted octanol–water partition coefficient (Wildman–Crippen LogP) is 7.20. The normalized spacial score (nSPS) is 16.2. The SMILES string of the molecule is O=S(=O)([N-]S(=O)(=O)C(F)(C(F)(F)F)C(F)(F)F)C(F)(C(F)(F)F)C(F)(F)F.O=S(=O)([N-]S(=O)(=O)C(F)(C(F)(F)F)C(F)(F)F)C(F)(C(F)(F)F)C(F)(F)F.[Zn+2]. The van der Waals surface area contributed by atoms with Crippen LogP contribution in [-0.4, -0.2) is 103 Å². The third-order valence-corrected chi connectivity index (χ3v) is 12.6. The second kappa shape index (κ2) is 14.9. The summed E-state index contributed by atoms with van der Waals surface area (Å²) in [7, 11) is -34.1. The van der Waals surface area contributed by atoms with Crippen LogP contribution in [0.2, 0.25) is 0 Å². The maximum Gasteiger partial charge on any atom is 2.00 e.